The Bertz CT molecular complexity index is 712. The van der Waals surface area contributed by atoms with Crippen LogP contribution in [0.25, 0.3) is 11.3 Å². The summed E-state index contributed by atoms with van der Waals surface area (Å²) in [6.07, 6.45) is 3.07. The number of hydrogen-bond donors (Lipinski definition) is 1. The van der Waals surface area contributed by atoms with E-state index in [1.807, 2.05) is 23.6 Å². The van der Waals surface area contributed by atoms with Gasteiger partial charge >= 0.3 is 0 Å². The number of rotatable bonds is 4. The van der Waals surface area contributed by atoms with Crippen molar-refractivity contribution >= 4 is 17.2 Å². The molecule has 3 aromatic rings. The van der Waals surface area contributed by atoms with Gasteiger partial charge in [-0.1, -0.05) is 5.16 Å². The van der Waals surface area contributed by atoms with Gasteiger partial charge in [0.1, 0.15) is 17.1 Å². The van der Waals surface area contributed by atoms with E-state index in [4.69, 9.17) is 8.94 Å². The molecule has 20 heavy (non-hydrogen) atoms. The molecule has 0 fully saturated rings. The van der Waals surface area contributed by atoms with Crippen LogP contribution in [0.15, 0.2) is 45.0 Å². The Morgan fingerprint density at radius 1 is 1.50 bits per heavy atom. The molecule has 102 valence electrons. The first kappa shape index (κ1) is 12.7. The van der Waals surface area contributed by atoms with Crippen molar-refractivity contribution in [3.8, 4) is 11.3 Å². The Kier molecular flexibility index (Phi) is 3.39. The van der Waals surface area contributed by atoms with Crippen LogP contribution >= 0.6 is 11.3 Å². The number of aryl methyl sites for hydroxylation is 1. The summed E-state index contributed by atoms with van der Waals surface area (Å²) >= 11 is 1.58. The van der Waals surface area contributed by atoms with Gasteiger partial charge in [-0.2, -0.15) is 0 Å². The average Bonchev–Trinajstić information content (AvgIpc) is 3.16. The third-order valence-electron chi connectivity index (χ3n) is 2.88. The molecule has 0 aromatic carbocycles. The summed E-state index contributed by atoms with van der Waals surface area (Å²) in [4.78, 5) is 13.0. The molecule has 6 heteroatoms. The molecule has 0 spiro atoms. The van der Waals surface area contributed by atoms with E-state index in [0.29, 0.717) is 17.9 Å². The molecule has 0 saturated carbocycles. The van der Waals surface area contributed by atoms with Gasteiger partial charge in [-0.3, -0.25) is 4.79 Å². The van der Waals surface area contributed by atoms with Gasteiger partial charge in [0.15, 0.2) is 0 Å². The third kappa shape index (κ3) is 2.50. The predicted octanol–water partition coefficient (Wildman–Crippen LogP) is 3.23. The zero-order valence-electron chi connectivity index (χ0n) is 10.8. The molecule has 0 aliphatic heterocycles. The van der Waals surface area contributed by atoms with Crippen LogP contribution in [0.3, 0.4) is 0 Å². The van der Waals surface area contributed by atoms with E-state index in [9.17, 15) is 4.79 Å². The highest BCUT2D eigenvalue weighted by atomic mass is 32.1. The number of nitrogens with one attached hydrogen (secondary N) is 1. The van der Waals surface area contributed by atoms with Gasteiger partial charge < -0.3 is 14.3 Å². The molecule has 0 saturated heterocycles. The third-order valence-corrected chi connectivity index (χ3v) is 3.81. The molecule has 0 atom stereocenters. The zero-order chi connectivity index (χ0) is 13.9. The molecule has 3 rings (SSSR count). The van der Waals surface area contributed by atoms with E-state index in [0.717, 1.165) is 16.2 Å². The molecule has 0 aliphatic rings. The summed E-state index contributed by atoms with van der Waals surface area (Å²) in [6, 6.07) is 5.76. The second-order valence-electron chi connectivity index (χ2n) is 4.26. The van der Waals surface area contributed by atoms with Gasteiger partial charge in [0.05, 0.1) is 19.0 Å². The SMILES string of the molecule is Cc1oncc1C(=O)NCc1cc(-c2ccco2)cs1. The quantitative estimate of drug-likeness (QED) is 0.800. The molecule has 3 heterocycles. The Balaban J connectivity index is 1.65. The number of furan rings is 1. The summed E-state index contributed by atoms with van der Waals surface area (Å²) in [5.74, 6) is 1.16. The fraction of sp³-hybridized carbons (Fsp3) is 0.143. The van der Waals surface area contributed by atoms with Crippen molar-refractivity contribution in [2.24, 2.45) is 0 Å². The smallest absolute Gasteiger partial charge is 0.256 e. The van der Waals surface area contributed by atoms with Crippen LogP contribution < -0.4 is 5.32 Å². The molecule has 3 aromatic heterocycles. The molecule has 0 unspecified atom stereocenters. The van der Waals surface area contributed by atoms with Gasteiger partial charge in [-0.15, -0.1) is 11.3 Å². The van der Waals surface area contributed by atoms with Crippen LogP contribution in [-0.4, -0.2) is 11.1 Å². The van der Waals surface area contributed by atoms with E-state index >= 15 is 0 Å². The molecular weight excluding hydrogens is 276 g/mol. The minimum absolute atomic E-state index is 0.184. The largest absolute Gasteiger partial charge is 0.464 e. The molecule has 0 bridgehead atoms. The summed E-state index contributed by atoms with van der Waals surface area (Å²) in [5.41, 5.74) is 1.48. The normalized spacial score (nSPS) is 10.7. The van der Waals surface area contributed by atoms with Gasteiger partial charge in [0, 0.05) is 15.8 Å². The monoisotopic (exact) mass is 288 g/mol. The highest BCUT2D eigenvalue weighted by Crippen LogP contribution is 2.25. The van der Waals surface area contributed by atoms with E-state index in [2.05, 4.69) is 10.5 Å². The average molecular weight is 288 g/mol. The zero-order valence-corrected chi connectivity index (χ0v) is 11.6. The van der Waals surface area contributed by atoms with Gasteiger partial charge in [0.25, 0.3) is 5.91 Å². The first-order valence-corrected chi connectivity index (χ1v) is 6.93. The minimum Gasteiger partial charge on any atom is -0.464 e. The number of nitrogens with zero attached hydrogens (tertiary/aromatic N) is 1. The van der Waals surface area contributed by atoms with Crippen molar-refractivity contribution in [2.45, 2.75) is 13.5 Å². The lowest BCUT2D eigenvalue weighted by Crippen LogP contribution is -2.22. The lowest BCUT2D eigenvalue weighted by Gasteiger charge is -2.01. The van der Waals surface area contributed by atoms with Crippen molar-refractivity contribution in [3.05, 3.63) is 52.2 Å². The second-order valence-corrected chi connectivity index (χ2v) is 5.25. The van der Waals surface area contributed by atoms with Crippen LogP contribution in [0, 0.1) is 6.92 Å². The van der Waals surface area contributed by atoms with Gasteiger partial charge in [-0.05, 0) is 25.1 Å². The lowest BCUT2D eigenvalue weighted by molar-refractivity contribution is 0.0950. The van der Waals surface area contributed by atoms with Crippen LogP contribution in [0.1, 0.15) is 21.0 Å². The Morgan fingerprint density at radius 3 is 3.10 bits per heavy atom. The topological polar surface area (TPSA) is 68.3 Å². The molecule has 1 amide bonds. The Hall–Kier alpha value is -2.34. The summed E-state index contributed by atoms with van der Waals surface area (Å²) in [5, 5.41) is 8.44. The number of aromatic nitrogens is 1. The van der Waals surface area contributed by atoms with E-state index in [-0.39, 0.29) is 5.91 Å². The van der Waals surface area contributed by atoms with Crippen molar-refractivity contribution < 1.29 is 13.7 Å². The Labute approximate surface area is 119 Å². The summed E-state index contributed by atoms with van der Waals surface area (Å²) in [6.45, 7) is 2.18. The highest BCUT2D eigenvalue weighted by Gasteiger charge is 2.13. The van der Waals surface area contributed by atoms with Crippen LogP contribution in [0.4, 0.5) is 0 Å². The predicted molar refractivity (Wildman–Crippen MR) is 74.4 cm³/mol. The highest BCUT2D eigenvalue weighted by molar-refractivity contribution is 7.10. The van der Waals surface area contributed by atoms with Crippen LogP contribution in [0.2, 0.25) is 0 Å². The first-order valence-electron chi connectivity index (χ1n) is 6.05. The van der Waals surface area contributed by atoms with Crippen molar-refractivity contribution in [1.82, 2.24) is 10.5 Å². The Morgan fingerprint density at radius 2 is 2.40 bits per heavy atom. The molecular formula is C14H12N2O3S. The van der Waals surface area contributed by atoms with Crippen molar-refractivity contribution in [1.29, 1.82) is 0 Å². The first-order chi connectivity index (χ1) is 9.74. The molecule has 0 aliphatic carbocycles. The van der Waals surface area contributed by atoms with E-state index < -0.39 is 0 Å². The standard InChI is InChI=1S/C14H12N2O3S/c1-9-12(7-16-19-9)14(17)15-6-11-5-10(8-20-11)13-3-2-4-18-13/h2-5,7-8H,6H2,1H3,(H,15,17). The number of thiophene rings is 1. The summed E-state index contributed by atoms with van der Waals surface area (Å²) in [7, 11) is 0. The molecule has 1 N–H and O–H groups in total. The second kappa shape index (κ2) is 5.34. The fourth-order valence-electron chi connectivity index (χ4n) is 1.82. The number of hydrogen-bond acceptors (Lipinski definition) is 5. The van der Waals surface area contributed by atoms with Crippen molar-refractivity contribution in [3.63, 3.8) is 0 Å². The van der Waals surface area contributed by atoms with Crippen LogP contribution in [-0.2, 0) is 6.54 Å². The molecule has 5 nitrogen and oxygen atoms in total. The van der Waals surface area contributed by atoms with Gasteiger partial charge in [-0.25, -0.2) is 0 Å². The maximum absolute atomic E-state index is 11.9. The number of amides is 1. The van der Waals surface area contributed by atoms with Crippen LogP contribution in [0.5, 0.6) is 0 Å². The maximum Gasteiger partial charge on any atom is 0.256 e. The van der Waals surface area contributed by atoms with E-state index in [1.54, 1.807) is 24.5 Å². The van der Waals surface area contributed by atoms with Crippen molar-refractivity contribution in [2.75, 3.05) is 0 Å². The van der Waals surface area contributed by atoms with E-state index in [1.165, 1.54) is 6.20 Å². The van der Waals surface area contributed by atoms with Gasteiger partial charge in [0.2, 0.25) is 0 Å². The fourth-order valence-corrected chi connectivity index (χ4v) is 2.64. The summed E-state index contributed by atoms with van der Waals surface area (Å²) < 4.78 is 10.2. The molecule has 0 radical (unpaired) electrons. The number of carbonyl (C=O) groups is 1. The lowest BCUT2D eigenvalue weighted by atomic mass is 10.2. The number of carbonyl (C=O) groups excluding carboxylic acids is 1. The maximum atomic E-state index is 11.9. The minimum atomic E-state index is -0.184.